The predicted octanol–water partition coefficient (Wildman–Crippen LogP) is 4.12. The molecule has 0 spiro atoms. The highest BCUT2D eigenvalue weighted by atomic mass is 15.0. The number of rotatable bonds is 3. The minimum absolute atomic E-state index is 0.756. The molecule has 3 rings (SSSR count). The van der Waals surface area contributed by atoms with E-state index >= 15 is 0 Å². The van der Waals surface area contributed by atoms with Crippen LogP contribution in [0.2, 0.25) is 0 Å². The number of para-hydroxylation sites is 1. The van der Waals surface area contributed by atoms with Gasteiger partial charge in [-0.3, -0.25) is 0 Å². The Morgan fingerprint density at radius 1 is 1.05 bits per heavy atom. The molecule has 2 aromatic carbocycles. The van der Waals surface area contributed by atoms with Crippen molar-refractivity contribution in [3.05, 3.63) is 71.4 Å². The predicted molar refractivity (Wildman–Crippen MR) is 81.6 cm³/mol. The summed E-state index contributed by atoms with van der Waals surface area (Å²) in [4.78, 5) is 0. The first-order chi connectivity index (χ1) is 9.83. The van der Waals surface area contributed by atoms with Crippen molar-refractivity contribution in [2.45, 2.75) is 19.9 Å². The van der Waals surface area contributed by atoms with Gasteiger partial charge in [0.2, 0.25) is 0 Å². The fourth-order valence-electron chi connectivity index (χ4n) is 2.72. The Morgan fingerprint density at radius 2 is 1.85 bits per heavy atom. The van der Waals surface area contributed by atoms with Crippen LogP contribution in [0.3, 0.4) is 0 Å². The number of nitriles is 1. The maximum absolute atomic E-state index is 9.32. The first-order valence-corrected chi connectivity index (χ1v) is 6.88. The fourth-order valence-corrected chi connectivity index (χ4v) is 2.72. The maximum atomic E-state index is 9.32. The number of nitrogens with zero attached hydrogens (tertiary/aromatic N) is 2. The first-order valence-electron chi connectivity index (χ1n) is 6.88. The zero-order chi connectivity index (χ0) is 13.9. The number of fused-ring (bicyclic) bond motifs is 1. The summed E-state index contributed by atoms with van der Waals surface area (Å²) in [5.41, 5.74) is 4.49. The fraction of sp³-hybridized carbons (Fsp3) is 0.167. The number of hydrogen-bond donors (Lipinski definition) is 0. The molecule has 0 bridgehead atoms. The van der Waals surface area contributed by atoms with Gasteiger partial charge in [0.25, 0.3) is 0 Å². The standard InChI is InChI=1S/C18H16N2/c1-2-15-9-6-10-17-16(11-19)13-20(18(15)17)12-14-7-4-3-5-8-14/h3-10,13H,2,12H2,1H3. The van der Waals surface area contributed by atoms with Gasteiger partial charge in [0.1, 0.15) is 6.07 Å². The van der Waals surface area contributed by atoms with Gasteiger partial charge in [0.05, 0.1) is 11.1 Å². The Kier molecular flexibility index (Phi) is 3.26. The molecule has 0 aliphatic rings. The molecule has 1 aromatic heterocycles. The molecule has 0 amide bonds. The van der Waals surface area contributed by atoms with Crippen molar-refractivity contribution < 1.29 is 0 Å². The Bertz CT molecular complexity index is 776. The van der Waals surface area contributed by atoms with Crippen LogP contribution in [-0.4, -0.2) is 4.57 Å². The van der Waals surface area contributed by atoms with Gasteiger partial charge < -0.3 is 4.57 Å². The minimum Gasteiger partial charge on any atom is -0.341 e. The second-order valence-electron chi connectivity index (χ2n) is 4.93. The van der Waals surface area contributed by atoms with E-state index in [0.29, 0.717) is 0 Å². The summed E-state index contributed by atoms with van der Waals surface area (Å²) in [5.74, 6) is 0. The zero-order valence-electron chi connectivity index (χ0n) is 11.5. The Morgan fingerprint density at radius 3 is 2.55 bits per heavy atom. The van der Waals surface area contributed by atoms with Crippen LogP contribution in [0.25, 0.3) is 10.9 Å². The van der Waals surface area contributed by atoms with E-state index in [-0.39, 0.29) is 0 Å². The van der Waals surface area contributed by atoms with E-state index < -0.39 is 0 Å². The van der Waals surface area contributed by atoms with Crippen LogP contribution < -0.4 is 0 Å². The highest BCUT2D eigenvalue weighted by Gasteiger charge is 2.11. The monoisotopic (exact) mass is 260 g/mol. The molecule has 0 atom stereocenters. The third-order valence-electron chi connectivity index (χ3n) is 3.68. The lowest BCUT2D eigenvalue weighted by atomic mass is 10.1. The Labute approximate surface area is 118 Å². The van der Waals surface area contributed by atoms with Crippen LogP contribution in [0.4, 0.5) is 0 Å². The van der Waals surface area contributed by atoms with E-state index in [4.69, 9.17) is 0 Å². The number of benzene rings is 2. The van der Waals surface area contributed by atoms with Gasteiger partial charge in [-0.15, -0.1) is 0 Å². The molecular weight excluding hydrogens is 244 g/mol. The molecule has 0 fully saturated rings. The zero-order valence-corrected chi connectivity index (χ0v) is 11.5. The number of aryl methyl sites for hydroxylation is 1. The molecule has 0 N–H and O–H groups in total. The van der Waals surface area contributed by atoms with Crippen molar-refractivity contribution in [3.8, 4) is 6.07 Å². The number of aromatic nitrogens is 1. The van der Waals surface area contributed by atoms with Crippen molar-refractivity contribution in [1.29, 1.82) is 5.26 Å². The molecule has 0 radical (unpaired) electrons. The van der Waals surface area contributed by atoms with E-state index in [2.05, 4.69) is 35.8 Å². The van der Waals surface area contributed by atoms with Gasteiger partial charge in [-0.05, 0) is 17.5 Å². The second kappa shape index (κ2) is 5.22. The first kappa shape index (κ1) is 12.5. The van der Waals surface area contributed by atoms with Crippen LogP contribution in [0, 0.1) is 11.3 Å². The largest absolute Gasteiger partial charge is 0.341 e. The van der Waals surface area contributed by atoms with Crippen LogP contribution >= 0.6 is 0 Å². The van der Waals surface area contributed by atoms with Gasteiger partial charge in [0.15, 0.2) is 0 Å². The van der Waals surface area contributed by atoms with E-state index in [1.807, 2.05) is 36.5 Å². The highest BCUT2D eigenvalue weighted by molar-refractivity contribution is 5.89. The van der Waals surface area contributed by atoms with E-state index in [0.717, 1.165) is 23.9 Å². The normalized spacial score (nSPS) is 10.6. The van der Waals surface area contributed by atoms with Gasteiger partial charge in [-0.1, -0.05) is 55.5 Å². The molecule has 20 heavy (non-hydrogen) atoms. The molecule has 3 aromatic rings. The van der Waals surface area contributed by atoms with Crippen molar-refractivity contribution in [2.24, 2.45) is 0 Å². The molecule has 0 unspecified atom stereocenters. The average molecular weight is 260 g/mol. The van der Waals surface area contributed by atoms with Crippen LogP contribution in [0.5, 0.6) is 0 Å². The summed E-state index contributed by atoms with van der Waals surface area (Å²) < 4.78 is 2.20. The molecule has 0 aliphatic heterocycles. The quantitative estimate of drug-likeness (QED) is 0.696. The third kappa shape index (κ3) is 2.08. The SMILES string of the molecule is CCc1cccc2c(C#N)cn(Cc3ccccc3)c12. The summed E-state index contributed by atoms with van der Waals surface area (Å²) in [6.45, 7) is 2.96. The summed E-state index contributed by atoms with van der Waals surface area (Å²) in [6, 6.07) is 18.9. The van der Waals surface area contributed by atoms with Crippen LogP contribution in [0.1, 0.15) is 23.6 Å². The van der Waals surface area contributed by atoms with Gasteiger partial charge in [0, 0.05) is 18.1 Å². The Balaban J connectivity index is 2.18. The van der Waals surface area contributed by atoms with Gasteiger partial charge in [-0.2, -0.15) is 5.26 Å². The summed E-state index contributed by atoms with van der Waals surface area (Å²) in [7, 11) is 0. The van der Waals surface area contributed by atoms with E-state index in [1.54, 1.807) is 0 Å². The average Bonchev–Trinajstić information content (AvgIpc) is 2.86. The van der Waals surface area contributed by atoms with Crippen molar-refractivity contribution in [2.75, 3.05) is 0 Å². The van der Waals surface area contributed by atoms with Crippen molar-refractivity contribution >= 4 is 10.9 Å². The molecule has 0 saturated heterocycles. The molecule has 98 valence electrons. The third-order valence-corrected chi connectivity index (χ3v) is 3.68. The van der Waals surface area contributed by atoms with Gasteiger partial charge >= 0.3 is 0 Å². The lowest BCUT2D eigenvalue weighted by Crippen LogP contribution is -1.99. The van der Waals surface area contributed by atoms with Crippen LogP contribution in [0.15, 0.2) is 54.7 Å². The summed E-state index contributed by atoms with van der Waals surface area (Å²) in [5, 5.41) is 10.4. The maximum Gasteiger partial charge on any atom is 0.101 e. The van der Waals surface area contributed by atoms with E-state index in [9.17, 15) is 5.26 Å². The molecule has 2 nitrogen and oxygen atoms in total. The number of hydrogen-bond acceptors (Lipinski definition) is 1. The van der Waals surface area contributed by atoms with Crippen LogP contribution in [-0.2, 0) is 13.0 Å². The van der Waals surface area contributed by atoms with Crippen molar-refractivity contribution in [3.63, 3.8) is 0 Å². The molecule has 0 saturated carbocycles. The van der Waals surface area contributed by atoms with E-state index in [1.165, 1.54) is 16.6 Å². The molecular formula is C18H16N2. The highest BCUT2D eigenvalue weighted by Crippen LogP contribution is 2.25. The summed E-state index contributed by atoms with van der Waals surface area (Å²) in [6.07, 6.45) is 2.94. The summed E-state index contributed by atoms with van der Waals surface area (Å²) >= 11 is 0. The lowest BCUT2D eigenvalue weighted by Gasteiger charge is -2.08. The molecule has 1 heterocycles. The smallest absolute Gasteiger partial charge is 0.101 e. The molecule has 0 aliphatic carbocycles. The Hall–Kier alpha value is -2.53. The second-order valence-corrected chi connectivity index (χ2v) is 4.93. The van der Waals surface area contributed by atoms with Crippen molar-refractivity contribution in [1.82, 2.24) is 4.57 Å². The molecule has 2 heteroatoms. The topological polar surface area (TPSA) is 28.7 Å². The minimum atomic E-state index is 0.756. The van der Waals surface area contributed by atoms with Gasteiger partial charge in [-0.25, -0.2) is 0 Å². The lowest BCUT2D eigenvalue weighted by molar-refractivity contribution is 0.830.